The predicted octanol–water partition coefficient (Wildman–Crippen LogP) is 4.09. The van der Waals surface area contributed by atoms with Gasteiger partial charge in [0.1, 0.15) is 0 Å². The summed E-state index contributed by atoms with van der Waals surface area (Å²) in [5, 5.41) is 3.80. The van der Waals surface area contributed by atoms with Crippen molar-refractivity contribution in [3.8, 4) is 0 Å². The van der Waals surface area contributed by atoms with Crippen LogP contribution in [0.25, 0.3) is 0 Å². The minimum Gasteiger partial charge on any atom is -0.313 e. The molecule has 0 spiro atoms. The molecule has 0 atom stereocenters. The second-order valence-corrected chi connectivity index (χ2v) is 7.52. The Balaban J connectivity index is 1.59. The summed E-state index contributed by atoms with van der Waals surface area (Å²) in [7, 11) is 0. The van der Waals surface area contributed by atoms with Gasteiger partial charge < -0.3 is 5.32 Å². The van der Waals surface area contributed by atoms with Crippen molar-refractivity contribution >= 4 is 11.3 Å². The van der Waals surface area contributed by atoms with E-state index in [9.17, 15) is 0 Å². The summed E-state index contributed by atoms with van der Waals surface area (Å²) < 4.78 is 0. The van der Waals surface area contributed by atoms with Crippen molar-refractivity contribution in [1.29, 1.82) is 0 Å². The first-order valence-corrected chi connectivity index (χ1v) is 8.78. The molecule has 2 aliphatic carbocycles. The fourth-order valence-corrected chi connectivity index (χ4v) is 4.19. The molecule has 1 heterocycles. The third kappa shape index (κ3) is 3.57. The Bertz CT molecular complexity index is 403. The van der Waals surface area contributed by atoms with Crippen LogP contribution in [0.1, 0.15) is 61.9 Å². The lowest BCUT2D eigenvalue weighted by atomic mass is 9.71. The number of rotatable bonds is 6. The standard InChI is InChI=1S/C16H26N2S/c1-13-15(19-12-18-13)7-10-16(8-3-2-4-9-16)11-17-14-5-6-14/h12,14,17H,2-11H2,1H3. The van der Waals surface area contributed by atoms with Gasteiger partial charge in [0, 0.05) is 17.5 Å². The zero-order chi connectivity index (χ0) is 13.1. The summed E-state index contributed by atoms with van der Waals surface area (Å²) in [5.74, 6) is 0. The second kappa shape index (κ2) is 5.92. The molecule has 1 aromatic heterocycles. The van der Waals surface area contributed by atoms with Gasteiger partial charge in [0.2, 0.25) is 0 Å². The highest BCUT2D eigenvalue weighted by atomic mass is 32.1. The largest absolute Gasteiger partial charge is 0.313 e. The molecule has 3 rings (SSSR count). The minimum absolute atomic E-state index is 0.581. The lowest BCUT2D eigenvalue weighted by molar-refractivity contribution is 0.166. The van der Waals surface area contributed by atoms with Gasteiger partial charge in [-0.1, -0.05) is 19.3 Å². The first-order chi connectivity index (χ1) is 9.27. The minimum atomic E-state index is 0.581. The molecule has 0 aromatic carbocycles. The van der Waals surface area contributed by atoms with Crippen LogP contribution in [0.15, 0.2) is 5.51 Å². The molecule has 1 aromatic rings. The number of nitrogens with zero attached hydrogens (tertiary/aromatic N) is 1. The summed E-state index contributed by atoms with van der Waals surface area (Å²) >= 11 is 1.84. The molecule has 1 N–H and O–H groups in total. The second-order valence-electron chi connectivity index (χ2n) is 6.58. The lowest BCUT2D eigenvalue weighted by Gasteiger charge is -2.38. The van der Waals surface area contributed by atoms with Crippen LogP contribution in [-0.2, 0) is 6.42 Å². The first-order valence-electron chi connectivity index (χ1n) is 7.90. The summed E-state index contributed by atoms with van der Waals surface area (Å²) in [6.45, 7) is 3.41. The van der Waals surface area contributed by atoms with E-state index in [1.54, 1.807) is 0 Å². The van der Waals surface area contributed by atoms with Gasteiger partial charge in [-0.25, -0.2) is 4.98 Å². The zero-order valence-electron chi connectivity index (χ0n) is 12.1. The predicted molar refractivity (Wildman–Crippen MR) is 81.7 cm³/mol. The number of aryl methyl sites for hydroxylation is 2. The van der Waals surface area contributed by atoms with Crippen LogP contribution in [0.5, 0.6) is 0 Å². The monoisotopic (exact) mass is 278 g/mol. The summed E-state index contributed by atoms with van der Waals surface area (Å²) in [5.41, 5.74) is 3.84. The van der Waals surface area contributed by atoms with Crippen molar-refractivity contribution in [3.63, 3.8) is 0 Å². The van der Waals surface area contributed by atoms with Crippen molar-refractivity contribution in [2.45, 2.75) is 70.8 Å². The number of hydrogen-bond acceptors (Lipinski definition) is 3. The molecule has 0 bridgehead atoms. The molecule has 2 saturated carbocycles. The van der Waals surface area contributed by atoms with Gasteiger partial charge in [0.05, 0.1) is 11.2 Å². The topological polar surface area (TPSA) is 24.9 Å². The van der Waals surface area contributed by atoms with E-state index < -0.39 is 0 Å². The maximum Gasteiger partial charge on any atom is 0.0797 e. The van der Waals surface area contributed by atoms with Crippen LogP contribution in [0, 0.1) is 12.3 Å². The average Bonchev–Trinajstić information content (AvgIpc) is 3.18. The molecule has 0 saturated heterocycles. The molecule has 2 fully saturated rings. The molecular formula is C16H26N2S. The van der Waals surface area contributed by atoms with E-state index >= 15 is 0 Å². The Hall–Kier alpha value is -0.410. The van der Waals surface area contributed by atoms with Gasteiger partial charge in [-0.2, -0.15) is 0 Å². The summed E-state index contributed by atoms with van der Waals surface area (Å²) in [6.07, 6.45) is 12.6. The van der Waals surface area contributed by atoms with Crippen molar-refractivity contribution in [2.75, 3.05) is 6.54 Å². The van der Waals surface area contributed by atoms with Gasteiger partial charge in [-0.15, -0.1) is 11.3 Å². The van der Waals surface area contributed by atoms with E-state index in [1.165, 1.54) is 74.9 Å². The van der Waals surface area contributed by atoms with Crippen molar-refractivity contribution < 1.29 is 0 Å². The third-order valence-electron chi connectivity index (χ3n) is 4.98. The SMILES string of the molecule is Cc1ncsc1CCC1(CNC2CC2)CCCCC1. The quantitative estimate of drug-likeness (QED) is 0.848. The Morgan fingerprint density at radius 1 is 1.32 bits per heavy atom. The van der Waals surface area contributed by atoms with E-state index in [0.717, 1.165) is 6.04 Å². The molecule has 2 aliphatic rings. The van der Waals surface area contributed by atoms with Crippen LogP contribution in [-0.4, -0.2) is 17.6 Å². The summed E-state index contributed by atoms with van der Waals surface area (Å²) in [6, 6.07) is 0.851. The van der Waals surface area contributed by atoms with E-state index in [0.29, 0.717) is 5.41 Å². The summed E-state index contributed by atoms with van der Waals surface area (Å²) in [4.78, 5) is 5.90. The van der Waals surface area contributed by atoms with Gasteiger partial charge in [0.25, 0.3) is 0 Å². The number of hydrogen-bond donors (Lipinski definition) is 1. The van der Waals surface area contributed by atoms with Gasteiger partial charge in [-0.3, -0.25) is 0 Å². The van der Waals surface area contributed by atoms with Crippen LogP contribution >= 0.6 is 11.3 Å². The van der Waals surface area contributed by atoms with Gasteiger partial charge >= 0.3 is 0 Å². The van der Waals surface area contributed by atoms with Gasteiger partial charge in [0.15, 0.2) is 0 Å². The van der Waals surface area contributed by atoms with E-state index in [4.69, 9.17) is 0 Å². The molecule has 0 unspecified atom stereocenters. The molecule has 2 nitrogen and oxygen atoms in total. The molecule has 106 valence electrons. The molecular weight excluding hydrogens is 252 g/mol. The normalized spacial score (nSPS) is 22.6. The Labute approximate surface area is 121 Å². The van der Waals surface area contributed by atoms with E-state index in [1.807, 2.05) is 16.8 Å². The fourth-order valence-electron chi connectivity index (χ4n) is 3.41. The number of nitrogens with one attached hydrogen (secondary N) is 1. The molecule has 19 heavy (non-hydrogen) atoms. The first kappa shape index (κ1) is 13.6. The van der Waals surface area contributed by atoms with Gasteiger partial charge in [-0.05, 0) is 50.9 Å². The molecule has 3 heteroatoms. The van der Waals surface area contributed by atoms with Crippen molar-refractivity contribution in [2.24, 2.45) is 5.41 Å². The third-order valence-corrected chi connectivity index (χ3v) is 5.98. The highest BCUT2D eigenvalue weighted by Crippen LogP contribution is 2.40. The van der Waals surface area contributed by atoms with E-state index in [-0.39, 0.29) is 0 Å². The molecule has 0 radical (unpaired) electrons. The highest BCUT2D eigenvalue weighted by molar-refractivity contribution is 7.09. The van der Waals surface area contributed by atoms with Crippen LogP contribution in [0.2, 0.25) is 0 Å². The maximum atomic E-state index is 4.39. The Kier molecular flexibility index (Phi) is 4.23. The zero-order valence-corrected chi connectivity index (χ0v) is 12.9. The molecule has 0 amide bonds. The van der Waals surface area contributed by atoms with Crippen molar-refractivity contribution in [3.05, 3.63) is 16.1 Å². The fraction of sp³-hybridized carbons (Fsp3) is 0.812. The number of aromatic nitrogens is 1. The smallest absolute Gasteiger partial charge is 0.0797 e. The maximum absolute atomic E-state index is 4.39. The Morgan fingerprint density at radius 2 is 2.11 bits per heavy atom. The number of thiazole rings is 1. The lowest BCUT2D eigenvalue weighted by Crippen LogP contribution is -2.37. The average molecular weight is 278 g/mol. The van der Waals surface area contributed by atoms with Crippen LogP contribution < -0.4 is 5.32 Å². The molecule has 0 aliphatic heterocycles. The van der Waals surface area contributed by atoms with Crippen LogP contribution in [0.4, 0.5) is 0 Å². The van der Waals surface area contributed by atoms with Crippen molar-refractivity contribution in [1.82, 2.24) is 10.3 Å². The van der Waals surface area contributed by atoms with E-state index in [2.05, 4.69) is 17.2 Å². The Morgan fingerprint density at radius 3 is 2.74 bits per heavy atom. The van der Waals surface area contributed by atoms with Crippen LogP contribution in [0.3, 0.4) is 0 Å². The highest BCUT2D eigenvalue weighted by Gasteiger charge is 2.33.